The third-order valence-corrected chi connectivity index (χ3v) is 1.65. The van der Waals surface area contributed by atoms with Crippen LogP contribution in [0.2, 0.25) is 0 Å². The summed E-state index contributed by atoms with van der Waals surface area (Å²) in [5.74, 6) is 0. The van der Waals surface area contributed by atoms with Crippen LogP contribution in [0.3, 0.4) is 0 Å². The minimum absolute atomic E-state index is 0.694. The van der Waals surface area contributed by atoms with Crippen LogP contribution in [-0.4, -0.2) is 5.21 Å². The molecule has 2 heteroatoms. The number of hydrogen-bond acceptors (Lipinski definition) is 2. The Hall–Kier alpha value is -1.28. The van der Waals surface area contributed by atoms with Crippen LogP contribution in [0.4, 0.5) is 5.69 Å². The van der Waals surface area contributed by atoms with Crippen LogP contribution >= 0.6 is 0 Å². The summed E-state index contributed by atoms with van der Waals surface area (Å²) in [6.45, 7) is 5.62. The Morgan fingerprint density at radius 1 is 1.55 bits per heavy atom. The molecule has 0 spiro atoms. The van der Waals surface area contributed by atoms with Gasteiger partial charge in [0.1, 0.15) is 0 Å². The number of rotatable bonds is 2. The second-order valence-electron chi connectivity index (χ2n) is 2.35. The molecule has 58 valence electrons. The molecule has 0 atom stereocenters. The topological polar surface area (TPSA) is 32.3 Å². The van der Waals surface area contributed by atoms with Crippen molar-refractivity contribution in [3.8, 4) is 0 Å². The Balaban J connectivity index is 3.24. The summed E-state index contributed by atoms with van der Waals surface area (Å²) in [6, 6.07) is 5.64. The summed E-state index contributed by atoms with van der Waals surface area (Å²) in [4.78, 5) is 0. The summed E-state index contributed by atoms with van der Waals surface area (Å²) < 4.78 is 0. The second kappa shape index (κ2) is 3.21. The van der Waals surface area contributed by atoms with E-state index in [0.717, 1.165) is 11.1 Å². The lowest BCUT2D eigenvalue weighted by Crippen LogP contribution is -1.93. The van der Waals surface area contributed by atoms with Gasteiger partial charge in [-0.3, -0.25) is 10.7 Å². The number of hydrogen-bond donors (Lipinski definition) is 2. The van der Waals surface area contributed by atoms with Crippen molar-refractivity contribution in [1.29, 1.82) is 0 Å². The molecule has 2 N–H and O–H groups in total. The molecule has 0 radical (unpaired) electrons. The van der Waals surface area contributed by atoms with Crippen LogP contribution < -0.4 is 5.48 Å². The first kappa shape index (κ1) is 7.82. The zero-order chi connectivity index (χ0) is 8.27. The van der Waals surface area contributed by atoms with E-state index in [4.69, 9.17) is 5.21 Å². The zero-order valence-electron chi connectivity index (χ0n) is 6.46. The summed E-state index contributed by atoms with van der Waals surface area (Å²) in [7, 11) is 0. The number of anilines is 1. The van der Waals surface area contributed by atoms with Crippen LogP contribution in [0.25, 0.3) is 6.08 Å². The van der Waals surface area contributed by atoms with Gasteiger partial charge in [0, 0.05) is 5.56 Å². The molecule has 0 aromatic heterocycles. The van der Waals surface area contributed by atoms with Crippen LogP contribution in [0.15, 0.2) is 24.8 Å². The predicted molar refractivity (Wildman–Crippen MR) is 46.7 cm³/mol. The van der Waals surface area contributed by atoms with E-state index in [0.29, 0.717) is 5.69 Å². The normalized spacial score (nSPS) is 9.27. The van der Waals surface area contributed by atoms with Crippen molar-refractivity contribution < 1.29 is 5.21 Å². The van der Waals surface area contributed by atoms with Crippen molar-refractivity contribution in [2.75, 3.05) is 5.48 Å². The van der Waals surface area contributed by atoms with Crippen molar-refractivity contribution in [1.82, 2.24) is 0 Å². The quantitative estimate of drug-likeness (QED) is 0.633. The van der Waals surface area contributed by atoms with Gasteiger partial charge >= 0.3 is 0 Å². The number of nitrogens with one attached hydrogen (secondary N) is 1. The lowest BCUT2D eigenvalue weighted by molar-refractivity contribution is 0.388. The highest BCUT2D eigenvalue weighted by atomic mass is 16.5. The molecule has 1 aromatic rings. The Morgan fingerprint density at radius 2 is 2.27 bits per heavy atom. The van der Waals surface area contributed by atoms with Gasteiger partial charge in [-0.2, -0.15) is 0 Å². The van der Waals surface area contributed by atoms with Crippen LogP contribution in [-0.2, 0) is 0 Å². The van der Waals surface area contributed by atoms with Gasteiger partial charge in [0.05, 0.1) is 5.69 Å². The van der Waals surface area contributed by atoms with Gasteiger partial charge in [0.15, 0.2) is 0 Å². The van der Waals surface area contributed by atoms with Gasteiger partial charge in [-0.25, -0.2) is 0 Å². The van der Waals surface area contributed by atoms with Crippen molar-refractivity contribution in [2.45, 2.75) is 6.92 Å². The van der Waals surface area contributed by atoms with Crippen molar-refractivity contribution in [2.24, 2.45) is 0 Å². The molecular formula is C9H11NO. The molecular weight excluding hydrogens is 138 g/mol. The molecule has 0 saturated carbocycles. The number of aryl methyl sites for hydroxylation is 1. The zero-order valence-corrected chi connectivity index (χ0v) is 6.46. The maximum absolute atomic E-state index is 8.68. The van der Waals surface area contributed by atoms with Crippen LogP contribution in [0.5, 0.6) is 0 Å². The third kappa shape index (κ3) is 1.41. The van der Waals surface area contributed by atoms with E-state index >= 15 is 0 Å². The monoisotopic (exact) mass is 149 g/mol. The molecule has 2 nitrogen and oxygen atoms in total. The molecule has 0 aliphatic rings. The molecule has 1 aromatic carbocycles. The second-order valence-corrected chi connectivity index (χ2v) is 2.35. The van der Waals surface area contributed by atoms with Crippen LogP contribution in [0, 0.1) is 6.92 Å². The molecule has 0 unspecified atom stereocenters. The Labute approximate surface area is 66.1 Å². The smallest absolute Gasteiger partial charge is 0.0676 e. The van der Waals surface area contributed by atoms with E-state index in [1.807, 2.05) is 19.1 Å². The standard InChI is InChI=1S/C9H11NO/c1-3-8-7(2)5-4-6-9(8)10-11/h3-6,10-11H,1H2,2H3. The van der Waals surface area contributed by atoms with Gasteiger partial charge in [-0.15, -0.1) is 0 Å². The van der Waals surface area contributed by atoms with Crippen LogP contribution in [0.1, 0.15) is 11.1 Å². The summed E-state index contributed by atoms with van der Waals surface area (Å²) in [5, 5.41) is 8.68. The van der Waals surface area contributed by atoms with E-state index in [2.05, 4.69) is 12.1 Å². The fraction of sp³-hybridized carbons (Fsp3) is 0.111. The average Bonchev–Trinajstić information content (AvgIpc) is 2.04. The molecule has 0 amide bonds. The van der Waals surface area contributed by atoms with E-state index in [9.17, 15) is 0 Å². The summed E-state index contributed by atoms with van der Waals surface area (Å²) in [5.41, 5.74) is 4.85. The molecule has 0 fully saturated rings. The maximum Gasteiger partial charge on any atom is 0.0676 e. The first-order valence-corrected chi connectivity index (χ1v) is 3.41. The molecule has 1 rings (SSSR count). The Morgan fingerprint density at radius 3 is 2.73 bits per heavy atom. The molecule has 0 saturated heterocycles. The molecule has 0 heterocycles. The Bertz CT molecular complexity index is 268. The van der Waals surface area contributed by atoms with Crippen molar-refractivity contribution in [3.63, 3.8) is 0 Å². The molecule has 0 aliphatic carbocycles. The fourth-order valence-electron chi connectivity index (χ4n) is 1.05. The predicted octanol–water partition coefficient (Wildman–Crippen LogP) is 2.44. The number of benzene rings is 1. The Kier molecular flexibility index (Phi) is 2.28. The lowest BCUT2D eigenvalue weighted by Gasteiger charge is -2.05. The average molecular weight is 149 g/mol. The van der Waals surface area contributed by atoms with E-state index in [1.54, 1.807) is 12.1 Å². The van der Waals surface area contributed by atoms with Gasteiger partial charge < -0.3 is 0 Å². The minimum atomic E-state index is 0.694. The van der Waals surface area contributed by atoms with E-state index < -0.39 is 0 Å². The van der Waals surface area contributed by atoms with Gasteiger partial charge in [-0.05, 0) is 18.6 Å². The van der Waals surface area contributed by atoms with Crippen molar-refractivity contribution in [3.05, 3.63) is 35.9 Å². The first-order chi connectivity index (χ1) is 5.29. The van der Waals surface area contributed by atoms with E-state index in [-0.39, 0.29) is 0 Å². The SMILES string of the molecule is C=Cc1c(C)cccc1NO. The lowest BCUT2D eigenvalue weighted by atomic mass is 10.1. The van der Waals surface area contributed by atoms with Gasteiger partial charge in [0.25, 0.3) is 0 Å². The maximum atomic E-state index is 8.68. The summed E-state index contributed by atoms with van der Waals surface area (Å²) >= 11 is 0. The fourth-order valence-corrected chi connectivity index (χ4v) is 1.05. The summed E-state index contributed by atoms with van der Waals surface area (Å²) in [6.07, 6.45) is 1.72. The van der Waals surface area contributed by atoms with Gasteiger partial charge in [0.2, 0.25) is 0 Å². The van der Waals surface area contributed by atoms with Crippen molar-refractivity contribution >= 4 is 11.8 Å². The largest absolute Gasteiger partial charge is 0.291 e. The van der Waals surface area contributed by atoms with E-state index in [1.165, 1.54) is 0 Å². The van der Waals surface area contributed by atoms with Gasteiger partial charge in [-0.1, -0.05) is 24.8 Å². The highest BCUT2D eigenvalue weighted by Crippen LogP contribution is 2.19. The highest BCUT2D eigenvalue weighted by molar-refractivity contribution is 5.67. The molecule has 0 aliphatic heterocycles. The molecule has 11 heavy (non-hydrogen) atoms. The highest BCUT2D eigenvalue weighted by Gasteiger charge is 1.98. The minimum Gasteiger partial charge on any atom is -0.291 e. The third-order valence-electron chi connectivity index (χ3n) is 1.65. The molecule has 0 bridgehead atoms. The first-order valence-electron chi connectivity index (χ1n) is 3.41.